The summed E-state index contributed by atoms with van der Waals surface area (Å²) >= 11 is -2.22. The molecule has 0 aliphatic rings. The van der Waals surface area contributed by atoms with Gasteiger partial charge in [0.1, 0.15) is 11.0 Å². The van der Waals surface area contributed by atoms with E-state index in [0.717, 1.165) is 27.1 Å². The Bertz CT molecular complexity index is 1550. The van der Waals surface area contributed by atoms with Gasteiger partial charge in [-0.25, -0.2) is 13.1 Å². The molecule has 0 saturated carbocycles. The maximum Gasteiger partial charge on any atom is 0.187 e. The summed E-state index contributed by atoms with van der Waals surface area (Å²) in [6.07, 6.45) is 0. The molecule has 0 bridgehead atoms. The van der Waals surface area contributed by atoms with Crippen LogP contribution >= 0.6 is 0 Å². The average molecular weight is 568 g/mol. The van der Waals surface area contributed by atoms with Crippen LogP contribution in [0.4, 0.5) is 0 Å². The summed E-state index contributed by atoms with van der Waals surface area (Å²) < 4.78 is 39.8. The molecule has 4 aromatic carbocycles. The summed E-state index contributed by atoms with van der Waals surface area (Å²) in [4.78, 5) is 0.952. The summed E-state index contributed by atoms with van der Waals surface area (Å²) in [5, 5.41) is 6.56. The van der Waals surface area contributed by atoms with Gasteiger partial charge in [0.25, 0.3) is 0 Å². The fourth-order valence-corrected chi connectivity index (χ4v) is 8.70. The molecule has 37 heavy (non-hydrogen) atoms. The monoisotopic (exact) mass is 567 g/mol. The lowest BCUT2D eigenvalue weighted by Crippen LogP contribution is -2.37. The van der Waals surface area contributed by atoms with Gasteiger partial charge in [-0.1, -0.05) is 98.2 Å². The lowest BCUT2D eigenvalue weighted by atomic mass is 9.93. The van der Waals surface area contributed by atoms with Crippen LogP contribution in [0.1, 0.15) is 13.8 Å². The summed E-state index contributed by atoms with van der Waals surface area (Å²) in [5.74, 6) is 0. The van der Waals surface area contributed by atoms with Crippen LogP contribution in [-0.4, -0.2) is 35.2 Å². The molecule has 4 aromatic rings. The van der Waals surface area contributed by atoms with Crippen molar-refractivity contribution in [2.45, 2.75) is 69.0 Å². The zero-order valence-electron chi connectivity index (χ0n) is 22.9. The smallest absolute Gasteiger partial charge is 0.187 e. The predicted octanol–water partition coefficient (Wildman–Crippen LogP) is 6.35. The Hall–Kier alpha value is -1.95. The van der Waals surface area contributed by atoms with Gasteiger partial charge in [0.15, 0.2) is 11.1 Å². The van der Waals surface area contributed by atoms with Crippen LogP contribution in [0.5, 0.6) is 0 Å². The highest BCUT2D eigenvalue weighted by atomic mass is 32.2. The third kappa shape index (κ3) is 5.74. The van der Waals surface area contributed by atoms with Crippen LogP contribution in [0.3, 0.4) is 0 Å². The highest BCUT2D eigenvalue weighted by Crippen LogP contribution is 2.41. The molecule has 0 fully saturated rings. The molecular weight excluding hydrogens is 531 g/mol. The zero-order chi connectivity index (χ0) is 27.3. The minimum atomic E-state index is -2.22. The first-order valence-electron chi connectivity index (χ1n) is 12.6. The van der Waals surface area contributed by atoms with Gasteiger partial charge in [-0.15, -0.1) is 0 Å². The van der Waals surface area contributed by atoms with Crippen molar-refractivity contribution in [1.29, 1.82) is 0 Å². The molecule has 4 nitrogen and oxygen atoms in total. The van der Waals surface area contributed by atoms with Gasteiger partial charge in [0, 0.05) is 17.2 Å². The normalized spacial score (nSPS) is 14.4. The van der Waals surface area contributed by atoms with Gasteiger partial charge in [0.05, 0.1) is 25.9 Å². The minimum Gasteiger partial charge on any atom is -0.302 e. The van der Waals surface area contributed by atoms with Gasteiger partial charge >= 0.3 is 0 Å². The quantitative estimate of drug-likeness (QED) is 0.202. The molecule has 0 heterocycles. The van der Waals surface area contributed by atoms with Gasteiger partial charge in [-0.3, -0.25) is 0 Å². The molecule has 0 aliphatic heterocycles. The van der Waals surface area contributed by atoms with Crippen molar-refractivity contribution in [2.75, 3.05) is 0 Å². The molecule has 0 saturated heterocycles. The van der Waals surface area contributed by atoms with Crippen molar-refractivity contribution in [1.82, 2.24) is 4.72 Å². The van der Waals surface area contributed by atoms with Crippen LogP contribution in [0.2, 0.25) is 39.3 Å². The Morgan fingerprint density at radius 2 is 1.11 bits per heavy atom. The SMILES string of the molecule is CC(C)NS(=O)c1ccc2cc([Si](C)(C)C)ccc2c1-c1c(S(=O)O)ccc2cc([Si](C)(C)C)ccc12. The van der Waals surface area contributed by atoms with Crippen molar-refractivity contribution in [3.05, 3.63) is 60.7 Å². The topological polar surface area (TPSA) is 66.4 Å². The first-order chi connectivity index (χ1) is 17.2. The van der Waals surface area contributed by atoms with Crippen molar-refractivity contribution >= 4 is 70.1 Å². The largest absolute Gasteiger partial charge is 0.302 e. The highest BCUT2D eigenvalue weighted by Gasteiger charge is 2.25. The fourth-order valence-electron chi connectivity index (χ4n) is 4.65. The summed E-state index contributed by atoms with van der Waals surface area (Å²) in [7, 11) is -4.62. The Labute approximate surface area is 227 Å². The van der Waals surface area contributed by atoms with Crippen molar-refractivity contribution in [3.63, 3.8) is 0 Å². The lowest BCUT2D eigenvalue weighted by Gasteiger charge is -2.22. The van der Waals surface area contributed by atoms with Gasteiger partial charge in [0.2, 0.25) is 0 Å². The Balaban J connectivity index is 2.16. The molecule has 2 N–H and O–H groups in total. The first-order valence-corrected chi connectivity index (χ1v) is 21.9. The first kappa shape index (κ1) is 28.1. The fraction of sp³-hybridized carbons (Fsp3) is 0.310. The number of hydrogen-bond donors (Lipinski definition) is 2. The minimum absolute atomic E-state index is 0.0110. The molecule has 8 heteroatoms. The molecule has 4 rings (SSSR count). The molecule has 0 aromatic heterocycles. The average Bonchev–Trinajstić information content (AvgIpc) is 2.80. The zero-order valence-corrected chi connectivity index (χ0v) is 26.6. The number of rotatable bonds is 7. The molecule has 0 aliphatic carbocycles. The molecule has 0 spiro atoms. The number of nitrogens with one attached hydrogen (secondary N) is 1. The van der Waals surface area contributed by atoms with Crippen LogP contribution in [0.15, 0.2) is 70.5 Å². The molecular formula is C29H37NO3S2Si2. The Morgan fingerprint density at radius 1 is 0.676 bits per heavy atom. The van der Waals surface area contributed by atoms with E-state index in [1.54, 1.807) is 6.07 Å². The number of fused-ring (bicyclic) bond motifs is 2. The van der Waals surface area contributed by atoms with E-state index in [4.69, 9.17) is 0 Å². The number of benzene rings is 4. The van der Waals surface area contributed by atoms with Gasteiger partial charge in [-0.2, -0.15) is 0 Å². The molecule has 196 valence electrons. The van der Waals surface area contributed by atoms with Gasteiger partial charge in [-0.05, 0) is 47.5 Å². The Kier molecular flexibility index (Phi) is 7.83. The Morgan fingerprint density at radius 3 is 1.51 bits per heavy atom. The predicted molar refractivity (Wildman–Crippen MR) is 167 cm³/mol. The molecule has 2 unspecified atom stereocenters. The van der Waals surface area contributed by atoms with Crippen molar-refractivity contribution in [3.8, 4) is 11.1 Å². The number of hydrogen-bond acceptors (Lipinski definition) is 2. The van der Waals surface area contributed by atoms with E-state index in [9.17, 15) is 13.0 Å². The second-order valence-corrected chi connectivity index (χ2v) is 24.3. The highest BCUT2D eigenvalue weighted by molar-refractivity contribution is 7.83. The second kappa shape index (κ2) is 10.3. The van der Waals surface area contributed by atoms with E-state index >= 15 is 0 Å². The lowest BCUT2D eigenvalue weighted by molar-refractivity contribution is 0.565. The van der Waals surface area contributed by atoms with E-state index in [1.807, 2.05) is 32.0 Å². The summed E-state index contributed by atoms with van der Waals surface area (Å²) in [6.45, 7) is 17.8. The summed E-state index contributed by atoms with van der Waals surface area (Å²) in [5.41, 5.74) is 1.44. The van der Waals surface area contributed by atoms with Crippen LogP contribution in [-0.2, 0) is 22.1 Å². The molecule has 2 atom stereocenters. The van der Waals surface area contributed by atoms with Crippen LogP contribution in [0, 0.1) is 0 Å². The van der Waals surface area contributed by atoms with E-state index in [-0.39, 0.29) is 6.04 Å². The van der Waals surface area contributed by atoms with Crippen LogP contribution in [0.25, 0.3) is 32.7 Å². The second-order valence-electron chi connectivity index (χ2n) is 12.0. The summed E-state index contributed by atoms with van der Waals surface area (Å²) in [6, 6.07) is 20.6. The van der Waals surface area contributed by atoms with Crippen molar-refractivity contribution < 1.29 is 13.0 Å². The van der Waals surface area contributed by atoms with Gasteiger partial charge < -0.3 is 4.55 Å². The third-order valence-corrected chi connectivity index (χ3v) is 12.9. The molecule has 0 radical (unpaired) electrons. The van der Waals surface area contributed by atoms with Crippen molar-refractivity contribution in [2.24, 2.45) is 0 Å². The van der Waals surface area contributed by atoms with E-state index < -0.39 is 38.2 Å². The van der Waals surface area contributed by atoms with E-state index in [0.29, 0.717) is 15.4 Å². The van der Waals surface area contributed by atoms with Crippen LogP contribution < -0.4 is 15.1 Å². The van der Waals surface area contributed by atoms with E-state index in [2.05, 4.69) is 80.4 Å². The standard InChI is InChI=1S/C29H37NO3S2Si2/c1-19(2)30-34(31)26-15-9-20-17-22(36(3,4)5)11-13-24(20)28(26)29-25-14-12-23(37(6,7)8)18-21(25)10-16-27(29)35(32)33/h9-19,30H,1-8H3,(H,32,33). The maximum absolute atomic E-state index is 13.6. The van der Waals surface area contributed by atoms with E-state index in [1.165, 1.54) is 10.4 Å². The molecule has 0 amide bonds. The third-order valence-electron chi connectivity index (χ3n) is 6.68. The maximum atomic E-state index is 13.6.